The molecule has 1 amide bonds. The molecule has 1 N–H and O–H groups in total. The van der Waals surface area contributed by atoms with Crippen molar-refractivity contribution in [2.24, 2.45) is 0 Å². The zero-order valence-electron chi connectivity index (χ0n) is 13.0. The van der Waals surface area contributed by atoms with Gasteiger partial charge in [-0.1, -0.05) is 19.0 Å². The molecule has 2 aromatic heterocycles. The zero-order chi connectivity index (χ0) is 15.9. The molecule has 2 rings (SSSR count). The Morgan fingerprint density at radius 3 is 2.91 bits per heavy atom. The second-order valence-electron chi connectivity index (χ2n) is 5.22. The Hall–Kier alpha value is -2.02. The van der Waals surface area contributed by atoms with Crippen LogP contribution < -0.4 is 5.32 Å². The van der Waals surface area contributed by atoms with E-state index < -0.39 is 0 Å². The molecule has 0 unspecified atom stereocenters. The van der Waals surface area contributed by atoms with Crippen LogP contribution in [-0.4, -0.2) is 27.6 Å². The molecule has 2 aromatic rings. The fourth-order valence-corrected chi connectivity index (χ4v) is 2.31. The number of rotatable bonds is 7. The quantitative estimate of drug-likeness (QED) is 0.626. The molecule has 0 radical (unpaired) electrons. The summed E-state index contributed by atoms with van der Waals surface area (Å²) in [6.45, 7) is 6.54. The van der Waals surface area contributed by atoms with Gasteiger partial charge in [-0.25, -0.2) is 4.98 Å². The smallest absolute Gasteiger partial charge is 0.244 e. The minimum absolute atomic E-state index is 0.126. The molecule has 0 aliphatic heterocycles. The molecule has 0 saturated carbocycles. The summed E-state index contributed by atoms with van der Waals surface area (Å²) in [5, 5.41) is 9.63. The number of hydrogen-bond acceptors (Lipinski definition) is 6. The number of thiazole rings is 1. The normalized spacial score (nSPS) is 11.5. The Morgan fingerprint density at radius 1 is 1.45 bits per heavy atom. The van der Waals surface area contributed by atoms with Gasteiger partial charge in [-0.2, -0.15) is 4.98 Å². The molecule has 0 spiro atoms. The summed E-state index contributed by atoms with van der Waals surface area (Å²) in [7, 11) is 0. The van der Waals surface area contributed by atoms with Crippen molar-refractivity contribution in [1.29, 1.82) is 0 Å². The molecule has 6 nitrogen and oxygen atoms in total. The maximum atomic E-state index is 11.7. The Balaban J connectivity index is 1.67. The van der Waals surface area contributed by atoms with Crippen LogP contribution >= 0.6 is 11.3 Å². The molecule has 0 atom stereocenters. The highest BCUT2D eigenvalue weighted by atomic mass is 32.1. The van der Waals surface area contributed by atoms with Crippen LogP contribution in [-0.2, 0) is 11.2 Å². The van der Waals surface area contributed by atoms with Crippen molar-refractivity contribution in [1.82, 2.24) is 20.4 Å². The van der Waals surface area contributed by atoms with E-state index in [1.165, 1.54) is 6.08 Å². The highest BCUT2D eigenvalue weighted by Gasteiger charge is 2.09. The lowest BCUT2D eigenvalue weighted by atomic mass is 10.2. The van der Waals surface area contributed by atoms with E-state index >= 15 is 0 Å². The topological polar surface area (TPSA) is 80.9 Å². The van der Waals surface area contributed by atoms with E-state index in [9.17, 15) is 4.79 Å². The lowest BCUT2D eigenvalue weighted by Crippen LogP contribution is -2.22. The Labute approximate surface area is 133 Å². The third kappa shape index (κ3) is 5.07. The summed E-state index contributed by atoms with van der Waals surface area (Å²) in [4.78, 5) is 20.2. The van der Waals surface area contributed by atoms with Crippen molar-refractivity contribution in [3.63, 3.8) is 0 Å². The second kappa shape index (κ2) is 7.84. The molecule has 0 bridgehead atoms. The van der Waals surface area contributed by atoms with E-state index in [0.29, 0.717) is 18.9 Å². The lowest BCUT2D eigenvalue weighted by molar-refractivity contribution is -0.116. The van der Waals surface area contributed by atoms with Crippen LogP contribution in [0.5, 0.6) is 0 Å². The van der Waals surface area contributed by atoms with Crippen LogP contribution in [0.25, 0.3) is 6.08 Å². The number of carbonyl (C=O) groups excluding carboxylic acids is 1. The number of hydrogen-bond donors (Lipinski definition) is 1. The number of amides is 1. The third-order valence-corrected chi connectivity index (χ3v) is 3.70. The van der Waals surface area contributed by atoms with Crippen LogP contribution in [0.1, 0.15) is 48.6 Å². The van der Waals surface area contributed by atoms with Crippen LogP contribution in [0.2, 0.25) is 0 Å². The highest BCUT2D eigenvalue weighted by molar-refractivity contribution is 7.09. The van der Waals surface area contributed by atoms with Gasteiger partial charge in [0.05, 0.1) is 10.7 Å². The van der Waals surface area contributed by atoms with Gasteiger partial charge < -0.3 is 9.84 Å². The first-order valence-electron chi connectivity index (χ1n) is 7.25. The predicted octanol–water partition coefficient (Wildman–Crippen LogP) is 2.72. The van der Waals surface area contributed by atoms with Crippen molar-refractivity contribution in [2.75, 3.05) is 6.54 Å². The first kappa shape index (κ1) is 16.4. The number of aromatic nitrogens is 3. The largest absolute Gasteiger partial charge is 0.353 e. The van der Waals surface area contributed by atoms with Crippen LogP contribution in [0, 0.1) is 6.92 Å². The fraction of sp³-hybridized carbons (Fsp3) is 0.467. The first-order chi connectivity index (χ1) is 10.5. The molecular weight excluding hydrogens is 300 g/mol. The Kier molecular flexibility index (Phi) is 5.83. The second-order valence-corrected chi connectivity index (χ2v) is 6.28. The zero-order valence-corrected chi connectivity index (χ0v) is 13.8. The minimum Gasteiger partial charge on any atom is -0.353 e. The molecular formula is C15H20N4O2S. The van der Waals surface area contributed by atoms with Crippen molar-refractivity contribution in [3.8, 4) is 0 Å². The maximum Gasteiger partial charge on any atom is 0.244 e. The summed E-state index contributed by atoms with van der Waals surface area (Å²) >= 11 is 1.56. The van der Waals surface area contributed by atoms with Gasteiger partial charge in [0.2, 0.25) is 11.8 Å². The van der Waals surface area contributed by atoms with Gasteiger partial charge in [-0.3, -0.25) is 4.79 Å². The van der Waals surface area contributed by atoms with E-state index in [0.717, 1.165) is 22.9 Å². The van der Waals surface area contributed by atoms with Crippen molar-refractivity contribution < 1.29 is 9.32 Å². The summed E-state index contributed by atoms with van der Waals surface area (Å²) in [6, 6.07) is 0. The standard InChI is InChI=1S/C15H20N4O2S/c1-10(2)15-18-14(21-19-15)5-4-8-16-13(20)7-6-12-9-22-11(3)17-12/h6-7,9-10H,4-5,8H2,1-3H3,(H,16,20). The van der Waals surface area contributed by atoms with Crippen molar-refractivity contribution in [3.05, 3.63) is 33.9 Å². The van der Waals surface area contributed by atoms with E-state index in [1.54, 1.807) is 17.4 Å². The lowest BCUT2D eigenvalue weighted by Gasteiger charge is -1.99. The summed E-state index contributed by atoms with van der Waals surface area (Å²) in [6.07, 6.45) is 4.63. The van der Waals surface area contributed by atoms with Gasteiger partial charge >= 0.3 is 0 Å². The third-order valence-electron chi connectivity index (χ3n) is 2.91. The van der Waals surface area contributed by atoms with E-state index in [4.69, 9.17) is 4.52 Å². The van der Waals surface area contributed by atoms with Gasteiger partial charge in [-0.15, -0.1) is 11.3 Å². The summed E-state index contributed by atoms with van der Waals surface area (Å²) in [5.74, 6) is 1.47. The molecule has 0 fully saturated rings. The summed E-state index contributed by atoms with van der Waals surface area (Å²) < 4.78 is 5.15. The molecule has 0 saturated heterocycles. The van der Waals surface area contributed by atoms with Crippen molar-refractivity contribution in [2.45, 2.75) is 39.5 Å². The minimum atomic E-state index is -0.126. The van der Waals surface area contributed by atoms with Crippen LogP contribution in [0.3, 0.4) is 0 Å². The number of nitrogens with zero attached hydrogens (tertiary/aromatic N) is 3. The monoisotopic (exact) mass is 320 g/mol. The van der Waals surface area contributed by atoms with Gasteiger partial charge in [0.25, 0.3) is 0 Å². The number of nitrogens with one attached hydrogen (secondary N) is 1. The van der Waals surface area contributed by atoms with Gasteiger partial charge in [0, 0.05) is 30.3 Å². The maximum absolute atomic E-state index is 11.7. The first-order valence-corrected chi connectivity index (χ1v) is 8.13. The molecule has 0 aliphatic rings. The molecule has 2 heterocycles. The average molecular weight is 320 g/mol. The average Bonchev–Trinajstić information content (AvgIpc) is 3.10. The van der Waals surface area contributed by atoms with E-state index in [2.05, 4.69) is 20.4 Å². The van der Waals surface area contributed by atoms with Crippen LogP contribution in [0.15, 0.2) is 16.0 Å². The van der Waals surface area contributed by atoms with Gasteiger partial charge in [0.15, 0.2) is 5.82 Å². The van der Waals surface area contributed by atoms with Crippen molar-refractivity contribution >= 4 is 23.3 Å². The molecule has 118 valence electrons. The highest BCUT2D eigenvalue weighted by Crippen LogP contribution is 2.10. The van der Waals surface area contributed by atoms with E-state index in [1.807, 2.05) is 26.2 Å². The fourth-order valence-electron chi connectivity index (χ4n) is 1.73. The predicted molar refractivity (Wildman–Crippen MR) is 85.6 cm³/mol. The Bertz CT molecular complexity index is 646. The van der Waals surface area contributed by atoms with Crippen LogP contribution in [0.4, 0.5) is 0 Å². The molecule has 7 heteroatoms. The summed E-state index contributed by atoms with van der Waals surface area (Å²) in [5.41, 5.74) is 0.810. The SMILES string of the molecule is Cc1nc(C=CC(=O)NCCCc2nc(C(C)C)no2)cs1. The number of carbonyl (C=O) groups is 1. The number of aryl methyl sites for hydroxylation is 2. The molecule has 0 aliphatic carbocycles. The van der Waals surface area contributed by atoms with Gasteiger partial charge in [-0.05, 0) is 19.4 Å². The molecule has 0 aromatic carbocycles. The van der Waals surface area contributed by atoms with Gasteiger partial charge in [0.1, 0.15) is 0 Å². The Morgan fingerprint density at radius 2 is 2.27 bits per heavy atom. The molecule has 22 heavy (non-hydrogen) atoms. The van der Waals surface area contributed by atoms with E-state index in [-0.39, 0.29) is 11.8 Å².